The fraction of sp³-hybridized carbons (Fsp3) is 0.350. The van der Waals surface area contributed by atoms with Gasteiger partial charge < -0.3 is 9.80 Å². The number of nitrogens with zero attached hydrogens (tertiary/aromatic N) is 1. The van der Waals surface area contributed by atoms with Gasteiger partial charge in [0.15, 0.2) is 0 Å². The standard InChI is InChI=1S/C20H22N2O/c1-14-8-9-18-16(12-14)17-13-21(2)11-10-19(17)22(18)20(23)15-6-4-3-5-7-15/h3-9,12,17,19H,10-11,13H2,1-2H3/p+1/t17-,19+/m1/s1. The van der Waals surface area contributed by atoms with Gasteiger partial charge in [-0.25, -0.2) is 0 Å². The lowest BCUT2D eigenvalue weighted by molar-refractivity contribution is -0.886. The van der Waals surface area contributed by atoms with E-state index in [0.29, 0.717) is 12.0 Å². The lowest BCUT2D eigenvalue weighted by Gasteiger charge is -2.34. The van der Waals surface area contributed by atoms with Gasteiger partial charge in [0, 0.05) is 17.7 Å². The Balaban J connectivity index is 1.79. The Labute approximate surface area is 137 Å². The molecule has 3 heteroatoms. The number of aryl methyl sites for hydroxylation is 1. The normalized spacial score (nSPS) is 25.8. The van der Waals surface area contributed by atoms with Crippen molar-refractivity contribution >= 4 is 11.6 Å². The predicted octanol–water partition coefficient (Wildman–Crippen LogP) is 2.03. The van der Waals surface area contributed by atoms with Gasteiger partial charge >= 0.3 is 0 Å². The minimum atomic E-state index is 0.141. The third kappa shape index (κ3) is 2.36. The maximum absolute atomic E-state index is 13.2. The summed E-state index contributed by atoms with van der Waals surface area (Å²) in [7, 11) is 2.26. The average Bonchev–Trinajstić information content (AvgIpc) is 2.88. The van der Waals surface area contributed by atoms with E-state index in [1.54, 1.807) is 4.90 Å². The van der Waals surface area contributed by atoms with E-state index in [0.717, 1.165) is 30.8 Å². The van der Waals surface area contributed by atoms with Gasteiger partial charge in [-0.15, -0.1) is 0 Å². The topological polar surface area (TPSA) is 24.8 Å². The molecule has 118 valence electrons. The zero-order chi connectivity index (χ0) is 16.0. The van der Waals surface area contributed by atoms with Gasteiger partial charge in [-0.1, -0.05) is 35.9 Å². The summed E-state index contributed by atoms with van der Waals surface area (Å²) in [6.45, 7) is 4.38. The highest BCUT2D eigenvalue weighted by Gasteiger charge is 2.45. The van der Waals surface area contributed by atoms with Crippen LogP contribution in [0.4, 0.5) is 5.69 Å². The number of piperidine rings is 1. The first-order valence-electron chi connectivity index (χ1n) is 8.45. The summed E-state index contributed by atoms with van der Waals surface area (Å²) in [6, 6.07) is 16.5. The molecule has 2 heterocycles. The second-order valence-corrected chi connectivity index (χ2v) is 6.98. The summed E-state index contributed by atoms with van der Waals surface area (Å²) in [5.74, 6) is 0.606. The lowest BCUT2D eigenvalue weighted by Crippen LogP contribution is -3.11. The number of hydrogen-bond donors (Lipinski definition) is 1. The van der Waals surface area contributed by atoms with Crippen LogP contribution in [0.3, 0.4) is 0 Å². The molecule has 2 aliphatic rings. The van der Waals surface area contributed by atoms with Crippen LogP contribution in [0.25, 0.3) is 0 Å². The van der Waals surface area contributed by atoms with Crippen molar-refractivity contribution in [3.05, 3.63) is 65.2 Å². The van der Waals surface area contributed by atoms with E-state index in [-0.39, 0.29) is 5.91 Å². The molecule has 1 unspecified atom stereocenters. The van der Waals surface area contributed by atoms with E-state index in [1.807, 2.05) is 30.3 Å². The summed E-state index contributed by atoms with van der Waals surface area (Å²) in [5.41, 5.74) is 4.54. The van der Waals surface area contributed by atoms with Gasteiger partial charge in [0.25, 0.3) is 5.91 Å². The van der Waals surface area contributed by atoms with Gasteiger partial charge in [-0.3, -0.25) is 4.79 Å². The Hall–Kier alpha value is -2.13. The molecule has 4 rings (SSSR count). The van der Waals surface area contributed by atoms with Crippen molar-refractivity contribution in [2.45, 2.75) is 25.3 Å². The number of nitrogens with one attached hydrogen (secondary N) is 1. The zero-order valence-electron chi connectivity index (χ0n) is 13.8. The van der Waals surface area contributed by atoms with Crippen LogP contribution in [0.1, 0.15) is 33.8 Å². The number of benzene rings is 2. The van der Waals surface area contributed by atoms with Crippen molar-refractivity contribution in [2.75, 3.05) is 25.0 Å². The summed E-state index contributed by atoms with van der Waals surface area (Å²) in [6.07, 6.45) is 1.07. The Morgan fingerprint density at radius 2 is 1.96 bits per heavy atom. The van der Waals surface area contributed by atoms with Crippen molar-refractivity contribution in [3.8, 4) is 0 Å². The fourth-order valence-corrected chi connectivity index (χ4v) is 4.18. The highest BCUT2D eigenvalue weighted by Crippen LogP contribution is 2.43. The molecule has 0 bridgehead atoms. The molecule has 23 heavy (non-hydrogen) atoms. The van der Waals surface area contributed by atoms with Crippen LogP contribution in [0, 0.1) is 6.92 Å². The molecule has 2 aromatic carbocycles. The second kappa shape index (κ2) is 5.50. The first kappa shape index (κ1) is 14.5. The molecule has 3 nitrogen and oxygen atoms in total. The van der Waals surface area contributed by atoms with Crippen molar-refractivity contribution in [1.29, 1.82) is 0 Å². The van der Waals surface area contributed by atoms with E-state index in [2.05, 4.69) is 37.1 Å². The molecule has 1 fully saturated rings. The highest BCUT2D eigenvalue weighted by molar-refractivity contribution is 6.08. The summed E-state index contributed by atoms with van der Waals surface area (Å²) >= 11 is 0. The molecule has 2 aliphatic heterocycles. The molecule has 0 aliphatic carbocycles. The first-order chi connectivity index (χ1) is 11.1. The maximum Gasteiger partial charge on any atom is 0.258 e. The van der Waals surface area contributed by atoms with Gasteiger partial charge in [0.2, 0.25) is 0 Å². The SMILES string of the molecule is Cc1ccc2c(c1)[C@H]1C[NH+](C)CC[C@@H]1N2C(=O)c1ccccc1. The van der Waals surface area contributed by atoms with Crippen LogP contribution < -0.4 is 9.80 Å². The average molecular weight is 307 g/mol. The van der Waals surface area contributed by atoms with E-state index in [1.165, 1.54) is 11.1 Å². The quantitative estimate of drug-likeness (QED) is 0.857. The lowest BCUT2D eigenvalue weighted by atomic mass is 9.88. The molecule has 0 aromatic heterocycles. The Bertz CT molecular complexity index is 741. The van der Waals surface area contributed by atoms with Gasteiger partial charge in [-0.2, -0.15) is 0 Å². The van der Waals surface area contributed by atoms with E-state index >= 15 is 0 Å². The predicted molar refractivity (Wildman–Crippen MR) is 92.2 cm³/mol. The molecular formula is C20H23N2O+. The molecule has 2 aromatic rings. The number of rotatable bonds is 1. The van der Waals surface area contributed by atoms with Crippen LogP contribution in [-0.2, 0) is 0 Å². The number of likely N-dealkylation sites (tertiary alicyclic amines) is 1. The number of amides is 1. The first-order valence-corrected chi connectivity index (χ1v) is 8.45. The van der Waals surface area contributed by atoms with Crippen LogP contribution >= 0.6 is 0 Å². The molecular weight excluding hydrogens is 284 g/mol. The number of hydrogen-bond acceptors (Lipinski definition) is 1. The molecule has 0 spiro atoms. The third-order valence-electron chi connectivity index (χ3n) is 5.31. The Morgan fingerprint density at radius 3 is 2.74 bits per heavy atom. The smallest absolute Gasteiger partial charge is 0.258 e. The summed E-state index contributed by atoms with van der Waals surface area (Å²) in [5, 5.41) is 0. The molecule has 1 amide bonds. The highest BCUT2D eigenvalue weighted by atomic mass is 16.2. The number of carbonyl (C=O) groups is 1. The molecule has 0 saturated carbocycles. The Morgan fingerprint density at radius 1 is 1.17 bits per heavy atom. The van der Waals surface area contributed by atoms with Crippen LogP contribution in [0.15, 0.2) is 48.5 Å². The van der Waals surface area contributed by atoms with Crippen molar-refractivity contribution in [3.63, 3.8) is 0 Å². The van der Waals surface area contributed by atoms with Crippen molar-refractivity contribution in [2.24, 2.45) is 0 Å². The molecule has 0 radical (unpaired) electrons. The number of likely N-dealkylation sites (N-methyl/N-ethyl adjacent to an activating group) is 1. The molecule has 1 N–H and O–H groups in total. The van der Waals surface area contributed by atoms with Gasteiger partial charge in [0.1, 0.15) is 0 Å². The number of quaternary nitrogens is 1. The fourth-order valence-electron chi connectivity index (χ4n) is 4.18. The number of fused-ring (bicyclic) bond motifs is 3. The monoisotopic (exact) mass is 307 g/mol. The second-order valence-electron chi connectivity index (χ2n) is 6.98. The van der Waals surface area contributed by atoms with E-state index in [9.17, 15) is 4.79 Å². The van der Waals surface area contributed by atoms with E-state index in [4.69, 9.17) is 0 Å². The van der Waals surface area contributed by atoms with Gasteiger partial charge in [0.05, 0.1) is 32.1 Å². The van der Waals surface area contributed by atoms with Crippen LogP contribution in [-0.4, -0.2) is 32.1 Å². The minimum absolute atomic E-state index is 0.141. The summed E-state index contributed by atoms with van der Waals surface area (Å²) in [4.78, 5) is 16.8. The van der Waals surface area contributed by atoms with Gasteiger partial charge in [-0.05, 0) is 30.7 Å². The Kier molecular flexibility index (Phi) is 3.46. The van der Waals surface area contributed by atoms with Crippen molar-refractivity contribution < 1.29 is 9.69 Å². The molecule has 1 saturated heterocycles. The number of carbonyl (C=O) groups excluding carboxylic acids is 1. The van der Waals surface area contributed by atoms with Crippen LogP contribution in [0.5, 0.6) is 0 Å². The van der Waals surface area contributed by atoms with E-state index < -0.39 is 0 Å². The number of anilines is 1. The maximum atomic E-state index is 13.2. The molecule has 3 atom stereocenters. The zero-order valence-corrected chi connectivity index (χ0v) is 13.8. The van der Waals surface area contributed by atoms with Crippen LogP contribution in [0.2, 0.25) is 0 Å². The largest absolute Gasteiger partial charge is 0.337 e. The summed E-state index contributed by atoms with van der Waals surface area (Å²) < 4.78 is 0. The minimum Gasteiger partial charge on any atom is -0.337 e. The van der Waals surface area contributed by atoms with Crippen molar-refractivity contribution in [1.82, 2.24) is 0 Å². The third-order valence-corrected chi connectivity index (χ3v) is 5.31.